The Labute approximate surface area is 374 Å². The summed E-state index contributed by atoms with van der Waals surface area (Å²) >= 11 is 0. The first-order chi connectivity index (χ1) is 28.4. The highest BCUT2D eigenvalue weighted by Gasteiger charge is 2.76. The number of Topliss-reactive ketones (excluding diaryl/α,β-unsaturated/α-hetero) is 1. The molecule has 0 radical (unpaired) electrons. The van der Waals surface area contributed by atoms with E-state index in [4.69, 9.17) is 0 Å². The van der Waals surface area contributed by atoms with Crippen LogP contribution in [-0.4, -0.2) is 5.78 Å². The summed E-state index contributed by atoms with van der Waals surface area (Å²) in [6.07, 6.45) is 24.2. The average molecular weight is 827 g/mol. The Morgan fingerprint density at radius 3 is 1.07 bits per heavy atom. The first kappa shape index (κ1) is 47.4. The molecule has 0 saturated heterocycles. The first-order valence-electron chi connectivity index (χ1n) is 27.6. The van der Waals surface area contributed by atoms with Crippen LogP contribution in [0.1, 0.15) is 219 Å². The van der Waals surface area contributed by atoms with Crippen molar-refractivity contribution in [3.05, 3.63) is 11.1 Å². The second kappa shape index (κ2) is 18.7. The van der Waals surface area contributed by atoms with Crippen molar-refractivity contribution in [1.82, 2.24) is 0 Å². The third-order valence-electron chi connectivity index (χ3n) is 21.4. The maximum Gasteiger partial charge on any atom is 0.159 e. The molecule has 1 heteroatoms. The molecule has 0 aromatic heterocycles. The second-order valence-corrected chi connectivity index (χ2v) is 26.7. The van der Waals surface area contributed by atoms with Gasteiger partial charge in [-0.25, -0.2) is 0 Å². The molecule has 0 heterocycles. The Bertz CT molecular complexity index is 1410. The number of ketones is 1. The zero-order chi connectivity index (χ0) is 43.6. The fraction of sp³-hybridized carbons (Fsp3) is 0.949. The smallest absolute Gasteiger partial charge is 0.159 e. The molecule has 0 spiro atoms. The van der Waals surface area contributed by atoms with Crippen molar-refractivity contribution < 1.29 is 4.79 Å². The van der Waals surface area contributed by atoms with E-state index in [-0.39, 0.29) is 10.8 Å². The Balaban J connectivity index is 1.72. The summed E-state index contributed by atoms with van der Waals surface area (Å²) in [7, 11) is 0. The van der Waals surface area contributed by atoms with E-state index in [1.54, 1.807) is 5.57 Å². The molecule has 0 aromatic carbocycles. The van der Waals surface area contributed by atoms with E-state index < -0.39 is 0 Å². The molecule has 16 unspecified atom stereocenters. The minimum atomic E-state index is -0.0145. The van der Waals surface area contributed by atoms with Gasteiger partial charge in [0.15, 0.2) is 5.78 Å². The Hall–Kier alpha value is -0.590. The minimum absolute atomic E-state index is 0.0145. The van der Waals surface area contributed by atoms with Crippen molar-refractivity contribution in [2.24, 2.45) is 135 Å². The van der Waals surface area contributed by atoms with Crippen LogP contribution >= 0.6 is 0 Å². The Kier molecular flexibility index (Phi) is 14.8. The van der Waals surface area contributed by atoms with Crippen LogP contribution in [0.2, 0.25) is 0 Å². The number of rotatable bonds is 10. The predicted molar refractivity (Wildman–Crippen MR) is 258 cm³/mol. The second-order valence-electron chi connectivity index (χ2n) is 26.7. The van der Waals surface area contributed by atoms with Gasteiger partial charge in [-0.05, 0) is 201 Å². The van der Waals surface area contributed by atoms with Gasteiger partial charge >= 0.3 is 0 Å². The maximum absolute atomic E-state index is 16.4. The topological polar surface area (TPSA) is 17.1 Å². The molecule has 5 saturated carbocycles. The van der Waals surface area contributed by atoms with Gasteiger partial charge in [-0.1, -0.05) is 142 Å². The van der Waals surface area contributed by atoms with Crippen LogP contribution in [0.4, 0.5) is 0 Å². The van der Waals surface area contributed by atoms with Gasteiger partial charge in [0.25, 0.3) is 0 Å². The van der Waals surface area contributed by atoms with Crippen LogP contribution < -0.4 is 0 Å². The summed E-state index contributed by atoms with van der Waals surface area (Å²) in [5.74, 6) is 15.6. The Morgan fingerprint density at radius 2 is 0.717 bits per heavy atom. The molecule has 0 N–H and O–H groups in total. The molecule has 0 aromatic rings. The zero-order valence-electron chi connectivity index (χ0n) is 42.8. The molecule has 344 valence electrons. The molecule has 5 fully saturated rings. The summed E-state index contributed by atoms with van der Waals surface area (Å²) in [6.45, 7) is 39.8. The number of carbonyl (C=O) groups excluding carboxylic acids is 1. The van der Waals surface area contributed by atoms with E-state index in [1.165, 1.54) is 103 Å². The van der Waals surface area contributed by atoms with E-state index in [0.29, 0.717) is 82.7 Å². The molecule has 1 nitrogen and oxygen atoms in total. The molecular weight excluding hydrogens is 725 g/mol. The fourth-order valence-corrected chi connectivity index (χ4v) is 19.2. The van der Waals surface area contributed by atoms with Gasteiger partial charge in [0, 0.05) is 22.8 Å². The molecule has 0 aliphatic heterocycles. The van der Waals surface area contributed by atoms with Gasteiger partial charge in [0.1, 0.15) is 0 Å². The summed E-state index contributed by atoms with van der Waals surface area (Å²) in [5, 5.41) is 0. The quantitative estimate of drug-likeness (QED) is 0.214. The number of allylic oxidation sites excluding steroid dienone is 2. The highest BCUT2D eigenvalue weighted by Crippen LogP contribution is 2.81. The lowest BCUT2D eigenvalue weighted by Gasteiger charge is -2.67. The van der Waals surface area contributed by atoms with Crippen molar-refractivity contribution in [2.45, 2.75) is 219 Å². The van der Waals surface area contributed by atoms with Gasteiger partial charge in [-0.3, -0.25) is 4.79 Å². The normalized spacial score (nSPS) is 47.2. The molecule has 7 rings (SSSR count). The minimum Gasteiger partial charge on any atom is -0.295 e. The van der Waals surface area contributed by atoms with Crippen LogP contribution in [0.3, 0.4) is 0 Å². The summed E-state index contributed by atoms with van der Waals surface area (Å²) in [5.41, 5.74) is 3.60. The van der Waals surface area contributed by atoms with Crippen molar-refractivity contribution in [2.75, 3.05) is 0 Å². The van der Waals surface area contributed by atoms with Crippen molar-refractivity contribution >= 4 is 5.78 Å². The molecule has 7 aliphatic rings. The van der Waals surface area contributed by atoms with Gasteiger partial charge < -0.3 is 0 Å². The van der Waals surface area contributed by atoms with Crippen LogP contribution in [0, 0.1) is 135 Å². The monoisotopic (exact) mass is 827 g/mol. The van der Waals surface area contributed by atoms with Crippen LogP contribution in [0.25, 0.3) is 0 Å². The third-order valence-corrected chi connectivity index (χ3v) is 21.4. The molecule has 7 aliphatic carbocycles. The highest BCUT2D eigenvalue weighted by molar-refractivity contribution is 6.00. The summed E-state index contributed by atoms with van der Waals surface area (Å²) < 4.78 is 0. The largest absolute Gasteiger partial charge is 0.295 e. The zero-order valence-corrected chi connectivity index (χ0v) is 42.8. The lowest BCUT2D eigenvalue weighted by atomic mass is 9.36. The highest BCUT2D eigenvalue weighted by atomic mass is 16.1. The van der Waals surface area contributed by atoms with Gasteiger partial charge in [0.2, 0.25) is 0 Å². The molecule has 16 atom stereocenters. The molecule has 0 bridgehead atoms. The van der Waals surface area contributed by atoms with Gasteiger partial charge in [-0.2, -0.15) is 0 Å². The van der Waals surface area contributed by atoms with E-state index in [9.17, 15) is 0 Å². The molecule has 60 heavy (non-hydrogen) atoms. The lowest BCUT2D eigenvalue weighted by molar-refractivity contribution is -0.185. The van der Waals surface area contributed by atoms with Gasteiger partial charge in [-0.15, -0.1) is 0 Å². The fourth-order valence-electron chi connectivity index (χ4n) is 19.2. The van der Waals surface area contributed by atoms with Crippen molar-refractivity contribution in [3.63, 3.8) is 0 Å². The maximum atomic E-state index is 16.4. The van der Waals surface area contributed by atoms with Crippen LogP contribution in [-0.2, 0) is 4.79 Å². The lowest BCUT2D eigenvalue weighted by Crippen LogP contribution is -2.63. The molecular formula is C59H102O. The number of hydrogen-bond acceptors (Lipinski definition) is 1. The van der Waals surface area contributed by atoms with Crippen LogP contribution in [0.15, 0.2) is 11.1 Å². The number of hydrogen-bond donors (Lipinski definition) is 0. The van der Waals surface area contributed by atoms with Crippen LogP contribution in [0.5, 0.6) is 0 Å². The average Bonchev–Trinajstić information content (AvgIpc) is 3.46. The van der Waals surface area contributed by atoms with E-state index >= 15 is 4.79 Å². The Morgan fingerprint density at radius 1 is 0.400 bits per heavy atom. The standard InChI is InChI=1S/C59H102O/c1-34(2)44-24-19-39(11)29-49(44)57-58(51-30-40(12)20-25-45(51)35(3)4,52-31-41(13)21-26-46(52)36(5)6)50-17-16-18-55(60)56(50)59(57,53-32-42(14)22-27-47(53)37(7)8)54-33-43(15)23-28-48(54)38(9)10/h34-49,51-54,57H,16-33H2,1-15H3. The third kappa shape index (κ3) is 8.08. The van der Waals surface area contributed by atoms with E-state index in [2.05, 4.69) is 104 Å². The predicted octanol–water partition coefficient (Wildman–Crippen LogP) is 17.2. The van der Waals surface area contributed by atoms with E-state index in [1.807, 2.05) is 5.57 Å². The van der Waals surface area contributed by atoms with Crippen molar-refractivity contribution in [1.29, 1.82) is 0 Å². The van der Waals surface area contributed by atoms with E-state index in [0.717, 1.165) is 60.2 Å². The number of carbonyl (C=O) groups is 1. The summed E-state index contributed by atoms with van der Waals surface area (Å²) in [6, 6.07) is 0. The summed E-state index contributed by atoms with van der Waals surface area (Å²) in [4.78, 5) is 16.4. The van der Waals surface area contributed by atoms with Crippen molar-refractivity contribution in [3.8, 4) is 0 Å². The first-order valence-corrected chi connectivity index (χ1v) is 27.6. The molecule has 0 amide bonds. The SMILES string of the molecule is CC1CCC(C(C)C)C(C2C(C3CC(C)CCC3C(C)C)(C3CC(C)CCC3C(C)C)C3=C(C(=O)CCC3)C2(C2CC(C)CCC2C(C)C)C2CC(C)CCC2C(C)C)C1. The van der Waals surface area contributed by atoms with Gasteiger partial charge in [0.05, 0.1) is 0 Å².